The van der Waals surface area contributed by atoms with Crippen LogP contribution in [-0.4, -0.2) is 43.2 Å². The predicted octanol–water partition coefficient (Wildman–Crippen LogP) is 2.51. The number of fused-ring (bicyclic) bond motifs is 1. The molecule has 0 atom stereocenters. The molecule has 0 bridgehead atoms. The van der Waals surface area contributed by atoms with Crippen molar-refractivity contribution in [2.45, 2.75) is 44.4 Å². The lowest BCUT2D eigenvalue weighted by Crippen LogP contribution is -2.50. The van der Waals surface area contributed by atoms with Crippen LogP contribution in [-0.2, 0) is 10.0 Å². The Morgan fingerprint density at radius 3 is 2.46 bits per heavy atom. The van der Waals surface area contributed by atoms with Crippen molar-refractivity contribution in [1.29, 1.82) is 0 Å². The molecule has 2 N–H and O–H groups in total. The average molecular weight is 407 g/mol. The van der Waals surface area contributed by atoms with E-state index in [4.69, 9.17) is 4.42 Å². The van der Waals surface area contributed by atoms with E-state index in [0.717, 1.165) is 0 Å². The van der Waals surface area contributed by atoms with Gasteiger partial charge < -0.3 is 14.6 Å². The van der Waals surface area contributed by atoms with Crippen LogP contribution in [0.4, 0.5) is 10.5 Å². The fourth-order valence-electron chi connectivity index (χ4n) is 2.95. The third-order valence-electron chi connectivity index (χ3n) is 4.78. The number of carbonyl (C=O) groups excluding carboxylic acids is 1. The molecule has 0 saturated carbocycles. The summed E-state index contributed by atoms with van der Waals surface area (Å²) in [5.74, 6) is 0. The van der Waals surface area contributed by atoms with Gasteiger partial charge in [-0.1, -0.05) is 0 Å². The monoisotopic (exact) mass is 407 g/mol. The average Bonchev–Trinajstić information content (AvgIpc) is 2.61. The van der Waals surface area contributed by atoms with E-state index in [-0.39, 0.29) is 12.1 Å². The van der Waals surface area contributed by atoms with Crippen LogP contribution >= 0.6 is 0 Å². The molecule has 8 nitrogen and oxygen atoms in total. The summed E-state index contributed by atoms with van der Waals surface area (Å²) in [6, 6.07) is 7.61. The molecule has 1 aliphatic heterocycles. The van der Waals surface area contributed by atoms with Gasteiger partial charge in [-0.2, -0.15) is 0 Å². The summed E-state index contributed by atoms with van der Waals surface area (Å²) >= 11 is 0. The first-order valence-electron chi connectivity index (χ1n) is 9.17. The second-order valence-corrected chi connectivity index (χ2v) is 10.4. The van der Waals surface area contributed by atoms with Crippen molar-refractivity contribution in [2.75, 3.05) is 18.4 Å². The lowest BCUT2D eigenvalue weighted by molar-refractivity contribution is 0.193. The van der Waals surface area contributed by atoms with Crippen LogP contribution < -0.4 is 15.7 Å². The Kier molecular flexibility index (Phi) is 5.49. The molecule has 3 rings (SSSR count). The first kappa shape index (κ1) is 20.3. The van der Waals surface area contributed by atoms with E-state index in [9.17, 15) is 18.0 Å². The van der Waals surface area contributed by atoms with E-state index < -0.39 is 20.4 Å². The molecule has 1 aromatic carbocycles. The Hall–Kier alpha value is -2.39. The zero-order valence-electron chi connectivity index (χ0n) is 16.2. The molecule has 0 unspecified atom stereocenters. The largest absolute Gasteiger partial charge is 0.423 e. The molecule has 1 saturated heterocycles. The molecule has 1 fully saturated rings. The van der Waals surface area contributed by atoms with Crippen LogP contribution in [0.5, 0.6) is 0 Å². The zero-order valence-corrected chi connectivity index (χ0v) is 17.0. The van der Waals surface area contributed by atoms with Crippen molar-refractivity contribution in [1.82, 2.24) is 9.62 Å². The first-order valence-corrected chi connectivity index (χ1v) is 10.7. The Bertz CT molecular complexity index is 1030. The van der Waals surface area contributed by atoms with E-state index in [1.807, 2.05) is 0 Å². The van der Waals surface area contributed by atoms with E-state index >= 15 is 0 Å². The van der Waals surface area contributed by atoms with Crippen LogP contribution in [0.1, 0.15) is 33.6 Å². The van der Waals surface area contributed by atoms with Gasteiger partial charge >= 0.3 is 11.7 Å². The Labute approximate surface area is 164 Å². The van der Waals surface area contributed by atoms with Crippen LogP contribution in [0.3, 0.4) is 0 Å². The topological polar surface area (TPSA) is 109 Å². The Morgan fingerprint density at radius 2 is 1.82 bits per heavy atom. The van der Waals surface area contributed by atoms with E-state index in [1.54, 1.807) is 49.9 Å². The molecular formula is C19H25N3O5S. The molecule has 1 aromatic heterocycles. The Morgan fingerprint density at radius 1 is 1.14 bits per heavy atom. The van der Waals surface area contributed by atoms with Gasteiger partial charge in [0, 0.05) is 36.3 Å². The van der Waals surface area contributed by atoms with Gasteiger partial charge in [0.05, 0.1) is 4.75 Å². The summed E-state index contributed by atoms with van der Waals surface area (Å²) in [5.41, 5.74) is 0.633. The maximum Gasteiger partial charge on any atom is 0.336 e. The molecule has 2 heterocycles. The maximum atomic E-state index is 12.5. The Balaban J connectivity index is 1.58. The van der Waals surface area contributed by atoms with Crippen molar-refractivity contribution in [3.63, 3.8) is 0 Å². The highest BCUT2D eigenvalue weighted by Gasteiger charge is 2.33. The van der Waals surface area contributed by atoms with Gasteiger partial charge in [-0.3, -0.25) is 0 Å². The fraction of sp³-hybridized carbons (Fsp3) is 0.474. The standard InChI is InChI=1S/C19H25N3O5S/c1-19(2,3)28(25,26)21-14-8-10-22(11-9-14)18(24)20-15-5-6-16-13(12-15)4-7-17(23)27-16/h4-7,12,14,21H,8-11H2,1-3H3,(H,20,24). The summed E-state index contributed by atoms with van der Waals surface area (Å²) in [5, 5.41) is 3.55. The van der Waals surface area contributed by atoms with Gasteiger partial charge in [-0.15, -0.1) is 0 Å². The normalized spacial score (nSPS) is 16.3. The molecule has 0 spiro atoms. The van der Waals surface area contributed by atoms with Crippen molar-refractivity contribution in [3.8, 4) is 0 Å². The minimum atomic E-state index is -3.41. The summed E-state index contributed by atoms with van der Waals surface area (Å²) < 4.78 is 31.5. The number of likely N-dealkylation sites (tertiary alicyclic amines) is 1. The number of amides is 2. The van der Waals surface area contributed by atoms with Crippen molar-refractivity contribution < 1.29 is 17.6 Å². The third-order valence-corrected chi connectivity index (χ3v) is 7.04. The number of rotatable bonds is 3. The predicted molar refractivity (Wildman–Crippen MR) is 108 cm³/mol. The smallest absolute Gasteiger partial charge is 0.336 e. The van der Waals surface area contributed by atoms with Gasteiger partial charge in [0.15, 0.2) is 0 Å². The molecule has 0 radical (unpaired) electrons. The van der Waals surface area contributed by atoms with Gasteiger partial charge in [0.25, 0.3) is 0 Å². The number of nitrogens with one attached hydrogen (secondary N) is 2. The number of piperidine rings is 1. The number of urea groups is 1. The number of nitrogens with zero attached hydrogens (tertiary/aromatic N) is 1. The second kappa shape index (κ2) is 7.56. The number of hydrogen-bond acceptors (Lipinski definition) is 5. The van der Waals surface area contributed by atoms with Crippen LogP contribution in [0.25, 0.3) is 11.0 Å². The highest BCUT2D eigenvalue weighted by atomic mass is 32.2. The van der Waals surface area contributed by atoms with Gasteiger partial charge in [0.1, 0.15) is 5.58 Å². The van der Waals surface area contributed by atoms with Crippen molar-refractivity contribution in [2.24, 2.45) is 0 Å². The van der Waals surface area contributed by atoms with Crippen molar-refractivity contribution >= 4 is 32.7 Å². The van der Waals surface area contributed by atoms with Crippen LogP contribution in [0, 0.1) is 0 Å². The molecule has 2 amide bonds. The summed E-state index contributed by atoms with van der Waals surface area (Å²) in [6.07, 6.45) is 1.12. The lowest BCUT2D eigenvalue weighted by atomic mass is 10.1. The highest BCUT2D eigenvalue weighted by Crippen LogP contribution is 2.20. The second-order valence-electron chi connectivity index (χ2n) is 7.93. The van der Waals surface area contributed by atoms with Crippen molar-refractivity contribution in [3.05, 3.63) is 40.8 Å². The summed E-state index contributed by atoms with van der Waals surface area (Å²) in [4.78, 5) is 25.4. The number of benzene rings is 1. The molecule has 1 aliphatic rings. The lowest BCUT2D eigenvalue weighted by Gasteiger charge is -2.33. The molecular weight excluding hydrogens is 382 g/mol. The molecule has 0 aliphatic carbocycles. The first-order chi connectivity index (χ1) is 13.0. The van der Waals surface area contributed by atoms with Gasteiger partial charge in [-0.05, 0) is 57.9 Å². The number of carbonyl (C=O) groups is 1. The quantitative estimate of drug-likeness (QED) is 0.760. The minimum absolute atomic E-state index is 0.170. The number of anilines is 1. The van der Waals surface area contributed by atoms with E-state index in [0.29, 0.717) is 42.6 Å². The zero-order chi connectivity index (χ0) is 20.5. The summed E-state index contributed by atoms with van der Waals surface area (Å²) in [6.45, 7) is 5.91. The number of hydrogen-bond donors (Lipinski definition) is 2. The van der Waals surface area contributed by atoms with Gasteiger partial charge in [-0.25, -0.2) is 22.7 Å². The SMILES string of the molecule is CC(C)(C)S(=O)(=O)NC1CCN(C(=O)Nc2ccc3oc(=O)ccc3c2)CC1. The van der Waals surface area contributed by atoms with E-state index in [2.05, 4.69) is 10.0 Å². The molecule has 2 aromatic rings. The third kappa shape index (κ3) is 4.53. The van der Waals surface area contributed by atoms with E-state index in [1.165, 1.54) is 6.07 Å². The summed E-state index contributed by atoms with van der Waals surface area (Å²) in [7, 11) is -3.41. The molecule has 152 valence electrons. The highest BCUT2D eigenvalue weighted by molar-refractivity contribution is 7.90. The van der Waals surface area contributed by atoms with Crippen LogP contribution in [0.15, 0.2) is 39.5 Å². The fourth-order valence-corrected chi connectivity index (χ4v) is 3.98. The molecule has 28 heavy (non-hydrogen) atoms. The minimum Gasteiger partial charge on any atom is -0.423 e. The van der Waals surface area contributed by atoms with Gasteiger partial charge in [0.2, 0.25) is 10.0 Å². The maximum absolute atomic E-state index is 12.5. The van der Waals surface area contributed by atoms with Crippen LogP contribution in [0.2, 0.25) is 0 Å². The molecule has 9 heteroatoms. The number of sulfonamides is 1.